The molecule has 2 aromatic carbocycles. The van der Waals surface area contributed by atoms with Gasteiger partial charge < -0.3 is 9.47 Å². The zero-order chi connectivity index (χ0) is 24.3. The molecule has 0 spiro atoms. The van der Waals surface area contributed by atoms with Crippen LogP contribution in [0.4, 0.5) is 0 Å². The van der Waals surface area contributed by atoms with Crippen molar-refractivity contribution >= 4 is 26.8 Å². The molecule has 0 aliphatic carbocycles. The second-order valence-electron chi connectivity index (χ2n) is 9.59. The van der Waals surface area contributed by atoms with Gasteiger partial charge in [-0.3, -0.25) is 9.69 Å². The second-order valence-corrected chi connectivity index (χ2v) is 11.5. The van der Waals surface area contributed by atoms with Crippen molar-refractivity contribution in [2.45, 2.75) is 43.7 Å². The predicted molar refractivity (Wildman–Crippen MR) is 137 cm³/mol. The van der Waals surface area contributed by atoms with Crippen molar-refractivity contribution in [2.75, 3.05) is 39.3 Å². The summed E-state index contributed by atoms with van der Waals surface area (Å²) in [6, 6.07) is 17.7. The van der Waals surface area contributed by atoms with Crippen LogP contribution in [0.2, 0.25) is 0 Å². The summed E-state index contributed by atoms with van der Waals surface area (Å²) < 4.78 is 29.7. The van der Waals surface area contributed by atoms with Gasteiger partial charge in [0.25, 0.3) is 0 Å². The van der Waals surface area contributed by atoms with E-state index in [0.29, 0.717) is 31.0 Å². The highest BCUT2D eigenvalue weighted by Gasteiger charge is 2.26. The third-order valence-electron chi connectivity index (χ3n) is 7.24. The molecular formula is C27H34N4O3S. The van der Waals surface area contributed by atoms with E-state index in [2.05, 4.69) is 33.7 Å². The number of sulfonamides is 1. The lowest BCUT2D eigenvalue weighted by Gasteiger charge is -2.34. The number of rotatable bonds is 7. The third kappa shape index (κ3) is 5.44. The highest BCUT2D eigenvalue weighted by atomic mass is 32.2. The largest absolute Gasteiger partial charge is 0.347 e. The molecule has 5 rings (SSSR count). The standard InChI is InChI=1S/C27H34N4O3S/c32-27(30-19-17-28(18-20-30)22-23-7-3-1-4-8-23)12-16-29-15-11-24-21-25(9-10-26(24)29)35(33,34)31-13-5-2-6-14-31/h1,3-4,7-11,15,21H,2,5-6,12-14,16-20,22H2. The monoisotopic (exact) mass is 494 g/mol. The van der Waals surface area contributed by atoms with Crippen molar-refractivity contribution in [3.63, 3.8) is 0 Å². The van der Waals surface area contributed by atoms with Gasteiger partial charge in [-0.15, -0.1) is 0 Å². The number of benzene rings is 2. The Bertz CT molecular complexity index is 1260. The van der Waals surface area contributed by atoms with Gasteiger partial charge in [0.15, 0.2) is 0 Å². The Labute approximate surface area is 208 Å². The zero-order valence-corrected chi connectivity index (χ0v) is 21.0. The molecule has 0 saturated carbocycles. The quantitative estimate of drug-likeness (QED) is 0.504. The number of piperazine rings is 1. The summed E-state index contributed by atoms with van der Waals surface area (Å²) >= 11 is 0. The first-order chi connectivity index (χ1) is 17.0. The lowest BCUT2D eigenvalue weighted by atomic mass is 10.2. The first-order valence-electron chi connectivity index (χ1n) is 12.6. The van der Waals surface area contributed by atoms with E-state index in [9.17, 15) is 13.2 Å². The zero-order valence-electron chi connectivity index (χ0n) is 20.2. The summed E-state index contributed by atoms with van der Waals surface area (Å²) in [6.45, 7) is 6.01. The van der Waals surface area contributed by atoms with Gasteiger partial charge in [0, 0.05) is 75.9 Å². The van der Waals surface area contributed by atoms with Gasteiger partial charge in [0.1, 0.15) is 0 Å². The Balaban J connectivity index is 1.16. The summed E-state index contributed by atoms with van der Waals surface area (Å²) in [5, 5.41) is 0.894. The van der Waals surface area contributed by atoms with Gasteiger partial charge in [-0.2, -0.15) is 4.31 Å². The van der Waals surface area contributed by atoms with Crippen LogP contribution in [0.1, 0.15) is 31.2 Å². The van der Waals surface area contributed by atoms with Crippen LogP contribution < -0.4 is 0 Å². The van der Waals surface area contributed by atoms with Crippen LogP contribution in [-0.4, -0.2) is 72.3 Å². The Hall–Kier alpha value is -2.68. The first kappa shape index (κ1) is 24.0. The van der Waals surface area contributed by atoms with E-state index >= 15 is 0 Å². The number of amides is 1. The van der Waals surface area contributed by atoms with Crippen LogP contribution in [0, 0.1) is 0 Å². The first-order valence-corrected chi connectivity index (χ1v) is 14.1. The van der Waals surface area contributed by atoms with Crippen LogP contribution in [0.25, 0.3) is 10.9 Å². The van der Waals surface area contributed by atoms with E-state index in [1.54, 1.807) is 16.4 Å². The van der Waals surface area contributed by atoms with Gasteiger partial charge in [0.2, 0.25) is 15.9 Å². The van der Waals surface area contributed by atoms with Crippen LogP contribution >= 0.6 is 0 Å². The SMILES string of the molecule is O=C(CCn1ccc2cc(S(=O)(=O)N3CCCCC3)ccc21)N1CCN(Cc2ccccc2)CC1. The molecule has 8 heteroatoms. The van der Waals surface area contributed by atoms with Crippen molar-refractivity contribution in [2.24, 2.45) is 0 Å². The molecule has 1 amide bonds. The molecule has 1 aromatic heterocycles. The fourth-order valence-electron chi connectivity index (χ4n) is 5.16. The van der Waals surface area contributed by atoms with E-state index in [0.717, 1.165) is 62.9 Å². The third-order valence-corrected chi connectivity index (χ3v) is 9.13. The van der Waals surface area contributed by atoms with Gasteiger partial charge in [-0.25, -0.2) is 8.42 Å². The summed E-state index contributed by atoms with van der Waals surface area (Å²) in [7, 11) is -3.45. The number of carbonyl (C=O) groups excluding carboxylic acids is 1. The molecule has 2 fully saturated rings. The van der Waals surface area contributed by atoms with Crippen molar-refractivity contribution in [1.29, 1.82) is 0 Å². The van der Waals surface area contributed by atoms with E-state index in [-0.39, 0.29) is 5.91 Å². The molecule has 186 valence electrons. The molecule has 7 nitrogen and oxygen atoms in total. The van der Waals surface area contributed by atoms with Crippen LogP contribution in [0.15, 0.2) is 65.7 Å². The fourth-order valence-corrected chi connectivity index (χ4v) is 6.71. The number of aryl methyl sites for hydroxylation is 1. The molecule has 3 aromatic rings. The Kier molecular flexibility index (Phi) is 7.22. The molecule has 0 atom stereocenters. The minimum atomic E-state index is -3.45. The van der Waals surface area contributed by atoms with Crippen molar-refractivity contribution < 1.29 is 13.2 Å². The lowest BCUT2D eigenvalue weighted by molar-refractivity contribution is -0.133. The Morgan fingerprint density at radius 3 is 2.31 bits per heavy atom. The second kappa shape index (κ2) is 10.5. The number of piperidine rings is 1. The normalized spacial score (nSPS) is 18.2. The molecule has 0 radical (unpaired) electrons. The maximum Gasteiger partial charge on any atom is 0.243 e. The number of aromatic nitrogens is 1. The van der Waals surface area contributed by atoms with Gasteiger partial charge in [-0.1, -0.05) is 36.8 Å². The number of nitrogens with zero attached hydrogens (tertiary/aromatic N) is 4. The van der Waals surface area contributed by atoms with Crippen LogP contribution in [0.3, 0.4) is 0 Å². The molecule has 0 unspecified atom stereocenters. The number of fused-ring (bicyclic) bond motifs is 1. The molecule has 2 saturated heterocycles. The highest BCUT2D eigenvalue weighted by Crippen LogP contribution is 2.25. The molecule has 35 heavy (non-hydrogen) atoms. The van der Waals surface area contributed by atoms with E-state index in [1.165, 1.54) is 5.56 Å². The van der Waals surface area contributed by atoms with Gasteiger partial charge in [-0.05, 0) is 42.7 Å². The predicted octanol–water partition coefficient (Wildman–Crippen LogP) is 3.55. The molecule has 2 aliphatic rings. The minimum absolute atomic E-state index is 0.176. The highest BCUT2D eigenvalue weighted by molar-refractivity contribution is 7.89. The summed E-state index contributed by atoms with van der Waals surface area (Å²) in [5.41, 5.74) is 2.27. The molecule has 3 heterocycles. The Morgan fingerprint density at radius 2 is 1.57 bits per heavy atom. The van der Waals surface area contributed by atoms with E-state index in [1.807, 2.05) is 29.3 Å². The summed E-state index contributed by atoms with van der Waals surface area (Å²) in [4.78, 5) is 17.6. The molecule has 0 N–H and O–H groups in total. The van der Waals surface area contributed by atoms with E-state index < -0.39 is 10.0 Å². The number of hydrogen-bond acceptors (Lipinski definition) is 4. The maximum absolute atomic E-state index is 13.0. The van der Waals surface area contributed by atoms with Crippen molar-refractivity contribution in [3.05, 3.63) is 66.4 Å². The number of carbonyl (C=O) groups is 1. The van der Waals surface area contributed by atoms with Crippen LogP contribution in [0.5, 0.6) is 0 Å². The molecular weight excluding hydrogens is 460 g/mol. The van der Waals surface area contributed by atoms with Crippen molar-refractivity contribution in [1.82, 2.24) is 18.7 Å². The fraction of sp³-hybridized carbons (Fsp3) is 0.444. The summed E-state index contributed by atoms with van der Waals surface area (Å²) in [6.07, 6.45) is 5.33. The average molecular weight is 495 g/mol. The van der Waals surface area contributed by atoms with Crippen LogP contribution in [-0.2, 0) is 27.9 Å². The maximum atomic E-state index is 13.0. The average Bonchev–Trinajstić information content (AvgIpc) is 3.31. The topological polar surface area (TPSA) is 65.9 Å². The molecule has 2 aliphatic heterocycles. The lowest BCUT2D eigenvalue weighted by Crippen LogP contribution is -2.48. The minimum Gasteiger partial charge on any atom is -0.347 e. The number of hydrogen-bond donors (Lipinski definition) is 0. The smallest absolute Gasteiger partial charge is 0.243 e. The van der Waals surface area contributed by atoms with E-state index in [4.69, 9.17) is 0 Å². The van der Waals surface area contributed by atoms with Gasteiger partial charge >= 0.3 is 0 Å². The molecule has 0 bridgehead atoms. The summed E-state index contributed by atoms with van der Waals surface area (Å²) in [5.74, 6) is 0.176. The Morgan fingerprint density at radius 1 is 0.829 bits per heavy atom. The van der Waals surface area contributed by atoms with Crippen molar-refractivity contribution in [3.8, 4) is 0 Å². The van der Waals surface area contributed by atoms with Gasteiger partial charge in [0.05, 0.1) is 4.90 Å².